The van der Waals surface area contributed by atoms with Gasteiger partial charge in [0.05, 0.1) is 6.20 Å². The van der Waals surface area contributed by atoms with E-state index in [-0.39, 0.29) is 0 Å². The second-order valence-electron chi connectivity index (χ2n) is 1.05. The molecule has 30 valence electrons. The lowest BCUT2D eigenvalue weighted by Gasteiger charge is -1.77. The maximum absolute atomic E-state index is 3.75. The molecule has 0 saturated carbocycles. The highest BCUT2D eigenvalue weighted by Gasteiger charge is 1.89. The van der Waals surface area contributed by atoms with Gasteiger partial charge in [-0.05, 0) is 6.92 Å². The van der Waals surface area contributed by atoms with Crippen molar-refractivity contribution in [2.24, 2.45) is 4.99 Å². The first kappa shape index (κ1) is 3.40. The van der Waals surface area contributed by atoms with Crippen LogP contribution < -0.4 is 5.32 Å². The summed E-state index contributed by atoms with van der Waals surface area (Å²) in [5.41, 5.74) is 0. The van der Waals surface area contributed by atoms with Crippen molar-refractivity contribution < 1.29 is 0 Å². The van der Waals surface area contributed by atoms with Crippen molar-refractivity contribution in [1.82, 2.24) is 5.32 Å². The maximum atomic E-state index is 3.75. The Morgan fingerprint density at radius 3 is 2.83 bits per heavy atom. The van der Waals surface area contributed by atoms with Crippen LogP contribution in [0.4, 0.5) is 0 Å². The Labute approximate surface area is 36.6 Å². The summed E-state index contributed by atoms with van der Waals surface area (Å²) >= 11 is 0. The van der Waals surface area contributed by atoms with Crippen molar-refractivity contribution in [2.75, 3.05) is 0 Å². The van der Waals surface area contributed by atoms with Crippen molar-refractivity contribution in [3.8, 4) is 0 Å². The Bertz CT molecular complexity index is 102. The molecular formula is C4H4N2. The van der Waals surface area contributed by atoms with E-state index in [0.717, 1.165) is 5.84 Å². The molecule has 1 heterocycles. The Hall–Kier alpha value is -0.790. The number of rotatable bonds is 0. The molecule has 1 aliphatic heterocycles. The van der Waals surface area contributed by atoms with Crippen LogP contribution in [0.25, 0.3) is 0 Å². The molecule has 0 bridgehead atoms. The number of aliphatic imine (C=N–C) groups is 1. The van der Waals surface area contributed by atoms with Crippen molar-refractivity contribution in [3.05, 3.63) is 12.4 Å². The van der Waals surface area contributed by atoms with E-state index in [1.54, 1.807) is 6.20 Å². The van der Waals surface area contributed by atoms with E-state index in [1.807, 2.05) is 6.92 Å². The lowest BCUT2D eigenvalue weighted by Crippen LogP contribution is -1.97. The van der Waals surface area contributed by atoms with Gasteiger partial charge in [0, 0.05) is 0 Å². The van der Waals surface area contributed by atoms with Gasteiger partial charge in [-0.3, -0.25) is 0 Å². The zero-order valence-electron chi connectivity index (χ0n) is 3.47. The van der Waals surface area contributed by atoms with E-state index in [1.165, 1.54) is 0 Å². The Kier molecular flexibility index (Phi) is 0.638. The number of amidine groups is 1. The molecule has 2 nitrogen and oxygen atoms in total. The van der Waals surface area contributed by atoms with Crippen LogP contribution in [0.15, 0.2) is 11.2 Å². The summed E-state index contributed by atoms with van der Waals surface area (Å²) in [6.07, 6.45) is 4.12. The molecule has 0 amide bonds. The second kappa shape index (κ2) is 1.12. The van der Waals surface area contributed by atoms with Crippen LogP contribution in [-0.2, 0) is 0 Å². The minimum atomic E-state index is 0.787. The zero-order valence-corrected chi connectivity index (χ0v) is 3.47. The highest BCUT2D eigenvalue weighted by atomic mass is 15.0. The van der Waals surface area contributed by atoms with Gasteiger partial charge in [0.2, 0.25) is 0 Å². The van der Waals surface area contributed by atoms with E-state index in [4.69, 9.17) is 0 Å². The van der Waals surface area contributed by atoms with Gasteiger partial charge in [-0.1, -0.05) is 0 Å². The van der Waals surface area contributed by atoms with Crippen molar-refractivity contribution in [2.45, 2.75) is 6.92 Å². The largest absolute Gasteiger partial charge is 0.239 e. The molecule has 0 atom stereocenters. The van der Waals surface area contributed by atoms with Crippen molar-refractivity contribution in [3.63, 3.8) is 0 Å². The quantitative estimate of drug-likeness (QED) is 0.400. The summed E-state index contributed by atoms with van der Waals surface area (Å²) in [6, 6.07) is 0. The molecule has 0 N–H and O–H groups in total. The standard InChI is InChI=1S/C4H4N2/c1-4-5-2-3-6-4/h2H,1H3. The first-order chi connectivity index (χ1) is 2.89. The molecule has 0 aliphatic carbocycles. The fourth-order valence-electron chi connectivity index (χ4n) is 0.273. The minimum absolute atomic E-state index is 0.787. The molecule has 0 unspecified atom stereocenters. The van der Waals surface area contributed by atoms with E-state index in [9.17, 15) is 0 Å². The molecule has 2 radical (unpaired) electrons. The molecule has 1 aliphatic rings. The first-order valence-electron chi connectivity index (χ1n) is 1.72. The summed E-state index contributed by atoms with van der Waals surface area (Å²) in [5, 5.41) is 3.68. The Morgan fingerprint density at radius 2 is 2.67 bits per heavy atom. The third kappa shape index (κ3) is 0.407. The molecule has 6 heavy (non-hydrogen) atoms. The topological polar surface area (TPSA) is 26.5 Å². The zero-order chi connectivity index (χ0) is 4.41. The van der Waals surface area contributed by atoms with Gasteiger partial charge in [0.15, 0.2) is 0 Å². The molecule has 0 aromatic carbocycles. The summed E-state index contributed by atoms with van der Waals surface area (Å²) in [5.74, 6) is 0.787. The van der Waals surface area contributed by atoms with Gasteiger partial charge < -0.3 is 0 Å². The second-order valence-corrected chi connectivity index (χ2v) is 1.05. The monoisotopic (exact) mass is 80.0 g/mol. The summed E-state index contributed by atoms with van der Waals surface area (Å²) in [6.45, 7) is 1.83. The third-order valence-corrected chi connectivity index (χ3v) is 0.535. The van der Waals surface area contributed by atoms with Crippen LogP contribution in [0.1, 0.15) is 6.92 Å². The summed E-state index contributed by atoms with van der Waals surface area (Å²) < 4.78 is 0. The van der Waals surface area contributed by atoms with Crippen molar-refractivity contribution >= 4 is 5.84 Å². The van der Waals surface area contributed by atoms with Gasteiger partial charge in [-0.2, -0.15) is 0 Å². The number of nitrogens with zero attached hydrogens (tertiary/aromatic N) is 2. The van der Waals surface area contributed by atoms with Gasteiger partial charge in [-0.15, -0.1) is 0 Å². The normalized spacial score (nSPS) is 17.2. The van der Waals surface area contributed by atoms with E-state index in [0.29, 0.717) is 0 Å². The predicted molar refractivity (Wildman–Crippen MR) is 23.1 cm³/mol. The predicted octanol–water partition coefficient (Wildman–Crippen LogP) is 0.297. The highest BCUT2D eigenvalue weighted by molar-refractivity contribution is 5.81. The van der Waals surface area contributed by atoms with Gasteiger partial charge >= 0.3 is 0 Å². The van der Waals surface area contributed by atoms with Gasteiger partial charge in [0.1, 0.15) is 12.0 Å². The van der Waals surface area contributed by atoms with Crippen LogP contribution >= 0.6 is 0 Å². The highest BCUT2D eigenvalue weighted by Crippen LogP contribution is 1.83. The number of hydrogen-bond acceptors (Lipinski definition) is 1. The lowest BCUT2D eigenvalue weighted by molar-refractivity contribution is 1.23. The Balaban J connectivity index is 2.61. The van der Waals surface area contributed by atoms with E-state index < -0.39 is 0 Å². The fraction of sp³-hybridized carbons (Fsp3) is 0.250. The molecule has 0 saturated heterocycles. The van der Waals surface area contributed by atoms with Gasteiger partial charge in [-0.25, -0.2) is 10.3 Å². The summed E-state index contributed by atoms with van der Waals surface area (Å²) in [7, 11) is 0. The smallest absolute Gasteiger partial charge is 0.126 e. The van der Waals surface area contributed by atoms with E-state index in [2.05, 4.69) is 16.5 Å². The van der Waals surface area contributed by atoms with Crippen LogP contribution in [0.5, 0.6) is 0 Å². The van der Waals surface area contributed by atoms with E-state index >= 15 is 0 Å². The van der Waals surface area contributed by atoms with Gasteiger partial charge in [0.25, 0.3) is 0 Å². The van der Waals surface area contributed by atoms with Crippen LogP contribution in [0.3, 0.4) is 0 Å². The average molecular weight is 80.1 g/mol. The maximum Gasteiger partial charge on any atom is 0.126 e. The molecule has 0 aromatic heterocycles. The Morgan fingerprint density at radius 1 is 1.83 bits per heavy atom. The number of hydrogen-bond donors (Lipinski definition) is 0. The molecule has 2 heteroatoms. The minimum Gasteiger partial charge on any atom is -0.239 e. The SMILES string of the molecule is CC1=NC=[C][N]1. The third-order valence-electron chi connectivity index (χ3n) is 0.535. The summed E-state index contributed by atoms with van der Waals surface area (Å²) in [4.78, 5) is 3.75. The molecule has 0 fully saturated rings. The lowest BCUT2D eigenvalue weighted by atomic mass is 10.7. The average Bonchev–Trinajstić information content (AvgIpc) is 1.86. The van der Waals surface area contributed by atoms with Crippen LogP contribution in [0, 0.1) is 6.20 Å². The molecule has 1 rings (SSSR count). The van der Waals surface area contributed by atoms with Crippen molar-refractivity contribution in [1.29, 1.82) is 0 Å². The van der Waals surface area contributed by atoms with Crippen LogP contribution in [-0.4, -0.2) is 5.84 Å². The van der Waals surface area contributed by atoms with Crippen LogP contribution in [0.2, 0.25) is 0 Å². The first-order valence-corrected chi connectivity index (χ1v) is 1.72. The fourth-order valence-corrected chi connectivity index (χ4v) is 0.273. The molecule has 0 aromatic rings. The molecular weight excluding hydrogens is 76.1 g/mol. The molecule has 0 spiro atoms.